The summed E-state index contributed by atoms with van der Waals surface area (Å²) in [5.41, 5.74) is 3.20. The molecule has 64 valence electrons. The summed E-state index contributed by atoms with van der Waals surface area (Å²) in [4.78, 5) is 0. The number of benzene rings is 1. The van der Waals surface area contributed by atoms with Crippen LogP contribution >= 0.6 is 0 Å². The summed E-state index contributed by atoms with van der Waals surface area (Å²) >= 11 is 0. The van der Waals surface area contributed by atoms with E-state index in [1.54, 1.807) is 30.3 Å². The Kier molecular flexibility index (Phi) is 3.38. The summed E-state index contributed by atoms with van der Waals surface area (Å²) in [6.45, 7) is 3.84. The number of nitrogens with zero attached hydrogens (tertiary/aromatic N) is 1. The monoisotopic (exact) mass is 171 g/mol. The van der Waals surface area contributed by atoms with Crippen molar-refractivity contribution in [3.05, 3.63) is 48.2 Å². The van der Waals surface area contributed by atoms with E-state index in [2.05, 4.69) is 12.3 Å². The Labute approximate surface area is 77.4 Å². The van der Waals surface area contributed by atoms with Crippen LogP contribution in [-0.2, 0) is 0 Å². The van der Waals surface area contributed by atoms with Gasteiger partial charge in [0.05, 0.1) is 11.6 Å². The molecule has 0 spiro atoms. The van der Waals surface area contributed by atoms with Gasteiger partial charge in [0, 0.05) is 0 Å². The van der Waals surface area contributed by atoms with Crippen molar-refractivity contribution in [1.82, 2.24) is 0 Å². The van der Waals surface area contributed by atoms with Crippen molar-refractivity contribution in [3.63, 3.8) is 0 Å². The van der Waals surface area contributed by atoms with E-state index in [0.717, 1.165) is 0 Å². The Morgan fingerprint density at radius 3 is 3.08 bits per heavy atom. The van der Waals surface area contributed by atoms with E-state index in [1.807, 2.05) is 6.07 Å². The smallest absolute Gasteiger partial charge is 0.121 e. The SMILES string of the molecule is C=C=CCOc1cccc(C#N)c1. The summed E-state index contributed by atoms with van der Waals surface area (Å²) in [5.74, 6) is 0.686. The summed E-state index contributed by atoms with van der Waals surface area (Å²) in [6, 6.07) is 9.05. The summed E-state index contributed by atoms with van der Waals surface area (Å²) in [6.07, 6.45) is 1.68. The Bertz CT molecular complexity index is 370. The summed E-state index contributed by atoms with van der Waals surface area (Å²) in [5, 5.41) is 8.60. The van der Waals surface area contributed by atoms with E-state index in [1.165, 1.54) is 0 Å². The first kappa shape index (κ1) is 9.12. The van der Waals surface area contributed by atoms with Crippen LogP contribution < -0.4 is 4.74 Å². The fourth-order valence-electron chi connectivity index (χ4n) is 0.852. The van der Waals surface area contributed by atoms with Crippen LogP contribution in [0.2, 0.25) is 0 Å². The molecule has 0 fully saturated rings. The van der Waals surface area contributed by atoms with Crippen molar-refractivity contribution in [1.29, 1.82) is 5.26 Å². The first-order valence-corrected chi connectivity index (χ1v) is 3.84. The van der Waals surface area contributed by atoms with Gasteiger partial charge in [-0.15, -0.1) is 5.73 Å². The predicted octanol–water partition coefficient (Wildman–Crippen LogP) is 2.28. The molecule has 0 aliphatic heterocycles. The van der Waals surface area contributed by atoms with Crippen molar-refractivity contribution in [2.75, 3.05) is 6.61 Å². The average Bonchev–Trinajstić information content (AvgIpc) is 2.19. The molecule has 0 aromatic heterocycles. The number of hydrogen-bond acceptors (Lipinski definition) is 2. The highest BCUT2D eigenvalue weighted by molar-refractivity contribution is 5.36. The van der Waals surface area contributed by atoms with E-state index >= 15 is 0 Å². The van der Waals surface area contributed by atoms with E-state index < -0.39 is 0 Å². The molecule has 0 bridgehead atoms. The number of rotatable bonds is 3. The molecule has 1 aromatic rings. The van der Waals surface area contributed by atoms with Gasteiger partial charge >= 0.3 is 0 Å². The molecule has 0 aliphatic carbocycles. The zero-order chi connectivity index (χ0) is 9.52. The molecule has 2 nitrogen and oxygen atoms in total. The Hall–Kier alpha value is -1.97. The quantitative estimate of drug-likeness (QED) is 0.653. The van der Waals surface area contributed by atoms with Crippen molar-refractivity contribution >= 4 is 0 Å². The lowest BCUT2D eigenvalue weighted by Gasteiger charge is -2.01. The Balaban J connectivity index is 2.67. The van der Waals surface area contributed by atoms with Gasteiger partial charge in [0.25, 0.3) is 0 Å². The molecule has 13 heavy (non-hydrogen) atoms. The third-order valence-electron chi connectivity index (χ3n) is 1.44. The second kappa shape index (κ2) is 4.82. The summed E-state index contributed by atoms with van der Waals surface area (Å²) < 4.78 is 5.28. The van der Waals surface area contributed by atoms with Crippen molar-refractivity contribution in [2.24, 2.45) is 0 Å². The molecule has 0 unspecified atom stereocenters. The fraction of sp³-hybridized carbons (Fsp3) is 0.0909. The second-order valence-electron chi connectivity index (χ2n) is 2.36. The lowest BCUT2D eigenvalue weighted by atomic mass is 10.2. The lowest BCUT2D eigenvalue weighted by molar-refractivity contribution is 0.363. The van der Waals surface area contributed by atoms with Gasteiger partial charge in [0.1, 0.15) is 12.4 Å². The Morgan fingerprint density at radius 1 is 1.54 bits per heavy atom. The third kappa shape index (κ3) is 2.86. The number of ether oxygens (including phenoxy) is 1. The van der Waals surface area contributed by atoms with Crippen LogP contribution in [0.4, 0.5) is 0 Å². The maximum Gasteiger partial charge on any atom is 0.121 e. The molecule has 0 N–H and O–H groups in total. The zero-order valence-electron chi connectivity index (χ0n) is 7.16. The van der Waals surface area contributed by atoms with Crippen molar-refractivity contribution in [2.45, 2.75) is 0 Å². The number of nitriles is 1. The highest BCUT2D eigenvalue weighted by Crippen LogP contribution is 2.11. The van der Waals surface area contributed by atoms with Crippen LogP contribution in [0.3, 0.4) is 0 Å². The normalized spacial score (nSPS) is 8.23. The molecule has 0 atom stereocenters. The molecular weight excluding hydrogens is 162 g/mol. The van der Waals surface area contributed by atoms with Crippen LogP contribution in [0.1, 0.15) is 5.56 Å². The van der Waals surface area contributed by atoms with Crippen molar-refractivity contribution < 1.29 is 4.74 Å². The second-order valence-corrected chi connectivity index (χ2v) is 2.36. The van der Waals surface area contributed by atoms with Gasteiger partial charge < -0.3 is 4.74 Å². The van der Waals surface area contributed by atoms with Crippen LogP contribution in [0, 0.1) is 11.3 Å². The molecule has 0 saturated heterocycles. The molecule has 0 aliphatic rings. The minimum Gasteiger partial charge on any atom is -0.489 e. The van der Waals surface area contributed by atoms with Gasteiger partial charge in [-0.25, -0.2) is 0 Å². The van der Waals surface area contributed by atoms with Gasteiger partial charge in [-0.3, -0.25) is 0 Å². The summed E-state index contributed by atoms with van der Waals surface area (Å²) in [7, 11) is 0. The molecule has 2 heteroatoms. The third-order valence-corrected chi connectivity index (χ3v) is 1.44. The van der Waals surface area contributed by atoms with Crippen LogP contribution in [0.5, 0.6) is 5.75 Å². The van der Waals surface area contributed by atoms with Crippen molar-refractivity contribution in [3.8, 4) is 11.8 Å². The van der Waals surface area contributed by atoms with E-state index in [0.29, 0.717) is 17.9 Å². The average molecular weight is 171 g/mol. The standard InChI is InChI=1S/C11H9NO/c1-2-3-7-13-11-6-4-5-10(8-11)9-12/h3-6,8H,1,7H2. The minimum absolute atomic E-state index is 0.429. The van der Waals surface area contributed by atoms with Gasteiger partial charge in [0.15, 0.2) is 0 Å². The van der Waals surface area contributed by atoms with Crippen LogP contribution in [0.15, 0.2) is 42.7 Å². The first-order valence-electron chi connectivity index (χ1n) is 3.84. The molecule has 1 rings (SSSR count). The molecular formula is C11H9NO. The Morgan fingerprint density at radius 2 is 2.38 bits per heavy atom. The van der Waals surface area contributed by atoms with Crippen LogP contribution in [-0.4, -0.2) is 6.61 Å². The molecule has 0 radical (unpaired) electrons. The fourth-order valence-corrected chi connectivity index (χ4v) is 0.852. The number of hydrogen-bond donors (Lipinski definition) is 0. The first-order chi connectivity index (χ1) is 6.36. The van der Waals surface area contributed by atoms with E-state index in [-0.39, 0.29) is 0 Å². The van der Waals surface area contributed by atoms with Gasteiger partial charge in [-0.05, 0) is 24.3 Å². The molecule has 1 aromatic carbocycles. The largest absolute Gasteiger partial charge is 0.489 e. The van der Waals surface area contributed by atoms with Crippen LogP contribution in [0.25, 0.3) is 0 Å². The van der Waals surface area contributed by atoms with Gasteiger partial charge in [-0.1, -0.05) is 12.6 Å². The minimum atomic E-state index is 0.429. The topological polar surface area (TPSA) is 33.0 Å². The van der Waals surface area contributed by atoms with E-state index in [4.69, 9.17) is 10.00 Å². The molecule has 0 heterocycles. The lowest BCUT2D eigenvalue weighted by Crippen LogP contribution is -1.92. The highest BCUT2D eigenvalue weighted by Gasteiger charge is 1.93. The van der Waals surface area contributed by atoms with Gasteiger partial charge in [0.2, 0.25) is 0 Å². The highest BCUT2D eigenvalue weighted by atomic mass is 16.5. The zero-order valence-corrected chi connectivity index (χ0v) is 7.16. The molecule has 0 saturated carbocycles. The van der Waals surface area contributed by atoms with E-state index in [9.17, 15) is 0 Å². The predicted molar refractivity (Wildman–Crippen MR) is 50.4 cm³/mol. The van der Waals surface area contributed by atoms with Gasteiger partial charge in [-0.2, -0.15) is 5.26 Å². The maximum absolute atomic E-state index is 8.60. The molecule has 0 amide bonds. The maximum atomic E-state index is 8.60.